The second-order valence-electron chi connectivity index (χ2n) is 8.44. The van der Waals surface area contributed by atoms with E-state index in [2.05, 4.69) is 22.0 Å². The molecule has 1 fully saturated rings. The van der Waals surface area contributed by atoms with Gasteiger partial charge in [-0.3, -0.25) is 4.79 Å². The van der Waals surface area contributed by atoms with E-state index in [0.29, 0.717) is 46.2 Å². The fraction of sp³-hybridized carbons (Fsp3) is 0.269. The first-order valence-electron chi connectivity index (χ1n) is 11.2. The molecule has 0 spiro atoms. The number of piperazine rings is 1. The summed E-state index contributed by atoms with van der Waals surface area (Å²) in [7, 11) is 1.63. The number of nitrogens with zero attached hydrogens (tertiary/aromatic N) is 4. The Balaban J connectivity index is 1.43. The van der Waals surface area contributed by atoms with Gasteiger partial charge in [-0.15, -0.1) is 0 Å². The second-order valence-corrected chi connectivity index (χ2v) is 8.88. The second kappa shape index (κ2) is 8.99. The highest BCUT2D eigenvalue weighted by molar-refractivity contribution is 6.30. The summed E-state index contributed by atoms with van der Waals surface area (Å²) in [6.07, 6.45) is 0. The van der Waals surface area contributed by atoms with Crippen molar-refractivity contribution in [2.45, 2.75) is 13.8 Å². The zero-order valence-corrected chi connectivity index (χ0v) is 20.1. The predicted molar refractivity (Wildman–Crippen MR) is 133 cm³/mol. The maximum Gasteiger partial charge on any atom is 0.259 e. The molecular formula is C26H25ClN4O3. The van der Waals surface area contributed by atoms with Crippen molar-refractivity contribution in [2.24, 2.45) is 0 Å². The number of carbonyl (C=O) groups excluding carboxylic acids is 1. The minimum Gasteiger partial charge on any atom is -0.497 e. The van der Waals surface area contributed by atoms with E-state index in [-0.39, 0.29) is 5.91 Å². The summed E-state index contributed by atoms with van der Waals surface area (Å²) in [5.41, 5.74) is 5.38. The molecule has 1 aliphatic rings. The maximum atomic E-state index is 13.7. The largest absolute Gasteiger partial charge is 0.497 e. The van der Waals surface area contributed by atoms with Gasteiger partial charge in [0.15, 0.2) is 0 Å². The molecule has 8 heteroatoms. The van der Waals surface area contributed by atoms with Crippen molar-refractivity contribution in [3.63, 3.8) is 0 Å². The van der Waals surface area contributed by atoms with Crippen molar-refractivity contribution in [3.05, 3.63) is 70.4 Å². The predicted octanol–water partition coefficient (Wildman–Crippen LogP) is 5.13. The molecule has 3 heterocycles. The molecule has 174 valence electrons. The number of pyridine rings is 1. The van der Waals surface area contributed by atoms with Crippen molar-refractivity contribution in [1.29, 1.82) is 0 Å². The molecule has 0 saturated carbocycles. The molecule has 2 aromatic heterocycles. The Morgan fingerprint density at radius 2 is 1.76 bits per heavy atom. The van der Waals surface area contributed by atoms with E-state index in [0.717, 1.165) is 30.1 Å². The van der Waals surface area contributed by atoms with Crippen molar-refractivity contribution < 1.29 is 14.1 Å². The summed E-state index contributed by atoms with van der Waals surface area (Å²) in [4.78, 5) is 22.5. The van der Waals surface area contributed by atoms with E-state index in [1.807, 2.05) is 60.4 Å². The lowest BCUT2D eigenvalue weighted by Gasteiger charge is -2.37. The molecule has 0 bridgehead atoms. The average Bonchev–Trinajstić information content (AvgIpc) is 3.25. The Morgan fingerprint density at radius 3 is 2.47 bits per heavy atom. The number of benzene rings is 2. The zero-order chi connectivity index (χ0) is 23.8. The van der Waals surface area contributed by atoms with E-state index >= 15 is 0 Å². The van der Waals surface area contributed by atoms with Gasteiger partial charge in [0, 0.05) is 42.5 Å². The number of ether oxygens (including phenoxy) is 1. The number of hydrogen-bond acceptors (Lipinski definition) is 6. The molecule has 0 N–H and O–H groups in total. The third-order valence-corrected chi connectivity index (χ3v) is 6.55. The molecule has 34 heavy (non-hydrogen) atoms. The minimum atomic E-state index is -0.0454. The molecule has 0 unspecified atom stereocenters. The summed E-state index contributed by atoms with van der Waals surface area (Å²) in [5.74, 6) is 0.709. The van der Waals surface area contributed by atoms with Crippen LogP contribution in [0.3, 0.4) is 0 Å². The van der Waals surface area contributed by atoms with E-state index in [1.54, 1.807) is 7.11 Å². The van der Waals surface area contributed by atoms with Gasteiger partial charge in [0.1, 0.15) is 5.75 Å². The van der Waals surface area contributed by atoms with Crippen LogP contribution >= 0.6 is 11.6 Å². The van der Waals surface area contributed by atoms with Gasteiger partial charge in [0.25, 0.3) is 11.6 Å². The molecule has 0 radical (unpaired) electrons. The number of hydrogen-bond donors (Lipinski definition) is 0. The van der Waals surface area contributed by atoms with Crippen LogP contribution in [0.4, 0.5) is 5.69 Å². The Kier molecular flexibility index (Phi) is 5.87. The van der Waals surface area contributed by atoms with Crippen molar-refractivity contribution >= 4 is 34.3 Å². The quantitative estimate of drug-likeness (QED) is 0.406. The number of methoxy groups -OCH3 is 1. The number of rotatable bonds is 4. The topological polar surface area (TPSA) is 71.7 Å². The molecule has 0 atom stereocenters. The third kappa shape index (κ3) is 4.07. The zero-order valence-electron chi connectivity index (χ0n) is 19.3. The first-order chi connectivity index (χ1) is 16.4. The van der Waals surface area contributed by atoms with Crippen LogP contribution in [-0.2, 0) is 0 Å². The fourth-order valence-electron chi connectivity index (χ4n) is 4.42. The monoisotopic (exact) mass is 476 g/mol. The molecule has 7 nitrogen and oxygen atoms in total. The smallest absolute Gasteiger partial charge is 0.259 e. The summed E-state index contributed by atoms with van der Waals surface area (Å²) in [5, 5.41) is 5.44. The molecule has 1 amide bonds. The van der Waals surface area contributed by atoms with E-state index < -0.39 is 0 Å². The van der Waals surface area contributed by atoms with E-state index in [4.69, 9.17) is 20.9 Å². The Hall–Kier alpha value is -3.58. The van der Waals surface area contributed by atoms with Gasteiger partial charge in [-0.25, -0.2) is 4.98 Å². The van der Waals surface area contributed by atoms with Crippen molar-refractivity contribution in [3.8, 4) is 17.0 Å². The number of aromatic nitrogens is 2. The molecule has 5 rings (SSSR count). The molecule has 2 aromatic carbocycles. The summed E-state index contributed by atoms with van der Waals surface area (Å²) < 4.78 is 10.7. The first kappa shape index (κ1) is 22.2. The SMILES string of the molecule is COc1ccc(-c2cc(C(=O)N3CCN(c4cc(Cl)ccc4C)CC3)c3c(C)noc3n2)cc1. The van der Waals surface area contributed by atoms with Gasteiger partial charge in [0.05, 0.1) is 29.4 Å². The highest BCUT2D eigenvalue weighted by Crippen LogP contribution is 2.30. The van der Waals surface area contributed by atoms with Crippen LogP contribution in [0.25, 0.3) is 22.4 Å². The normalized spacial score (nSPS) is 14.0. The van der Waals surface area contributed by atoms with Crippen molar-refractivity contribution in [1.82, 2.24) is 15.0 Å². The Labute approximate surface area is 202 Å². The van der Waals surface area contributed by atoms with Gasteiger partial charge in [0.2, 0.25) is 0 Å². The highest BCUT2D eigenvalue weighted by atomic mass is 35.5. The fourth-order valence-corrected chi connectivity index (χ4v) is 4.58. The maximum absolute atomic E-state index is 13.7. The van der Waals surface area contributed by atoms with Gasteiger partial charge in [-0.1, -0.05) is 22.8 Å². The van der Waals surface area contributed by atoms with E-state index in [9.17, 15) is 4.79 Å². The molecule has 1 aliphatic heterocycles. The van der Waals surface area contributed by atoms with Crippen LogP contribution < -0.4 is 9.64 Å². The molecule has 0 aliphatic carbocycles. The molecule has 4 aromatic rings. The first-order valence-corrected chi connectivity index (χ1v) is 11.5. The highest BCUT2D eigenvalue weighted by Gasteiger charge is 2.27. The Morgan fingerprint density at radius 1 is 1.03 bits per heavy atom. The van der Waals surface area contributed by atoms with Crippen LogP contribution in [0.1, 0.15) is 21.6 Å². The summed E-state index contributed by atoms with van der Waals surface area (Å²) >= 11 is 6.22. The number of anilines is 1. The van der Waals surface area contributed by atoms with Gasteiger partial charge < -0.3 is 19.1 Å². The van der Waals surface area contributed by atoms with Gasteiger partial charge >= 0.3 is 0 Å². The molecular weight excluding hydrogens is 452 g/mol. The van der Waals surface area contributed by atoms with Crippen LogP contribution in [0, 0.1) is 13.8 Å². The lowest BCUT2D eigenvalue weighted by Crippen LogP contribution is -2.49. The number of aryl methyl sites for hydroxylation is 2. The van der Waals surface area contributed by atoms with Gasteiger partial charge in [-0.05, 0) is 61.9 Å². The summed E-state index contributed by atoms with van der Waals surface area (Å²) in [6, 6.07) is 15.3. The number of fused-ring (bicyclic) bond motifs is 1. The van der Waals surface area contributed by atoms with Crippen LogP contribution in [-0.4, -0.2) is 54.2 Å². The van der Waals surface area contributed by atoms with Crippen LogP contribution in [0.5, 0.6) is 5.75 Å². The van der Waals surface area contributed by atoms with E-state index in [1.165, 1.54) is 5.56 Å². The number of carbonyl (C=O) groups is 1. The lowest BCUT2D eigenvalue weighted by atomic mass is 10.0. The minimum absolute atomic E-state index is 0.0454. The number of halogens is 1. The number of amides is 1. The Bertz CT molecular complexity index is 1360. The van der Waals surface area contributed by atoms with Crippen molar-refractivity contribution in [2.75, 3.05) is 38.2 Å². The van der Waals surface area contributed by atoms with Crippen LogP contribution in [0.15, 0.2) is 53.1 Å². The lowest BCUT2D eigenvalue weighted by molar-refractivity contribution is 0.0748. The summed E-state index contributed by atoms with van der Waals surface area (Å²) in [6.45, 7) is 6.58. The van der Waals surface area contributed by atoms with Crippen LogP contribution in [0.2, 0.25) is 5.02 Å². The van der Waals surface area contributed by atoms with Gasteiger partial charge in [-0.2, -0.15) is 0 Å². The molecule has 1 saturated heterocycles. The average molecular weight is 477 g/mol. The standard InChI is InChI=1S/C26H25ClN4O3/c1-16-4-7-19(27)14-23(16)30-10-12-31(13-11-30)26(32)21-15-22(18-5-8-20(33-3)9-6-18)28-25-24(21)17(2)29-34-25/h4-9,14-15H,10-13H2,1-3H3. The third-order valence-electron chi connectivity index (χ3n) is 6.31.